The molecule has 0 saturated heterocycles. The van der Waals surface area contributed by atoms with E-state index in [9.17, 15) is 4.79 Å². The summed E-state index contributed by atoms with van der Waals surface area (Å²) in [5.41, 5.74) is 2.15. The van der Waals surface area contributed by atoms with Crippen molar-refractivity contribution >= 4 is 23.1 Å². The second-order valence-electron chi connectivity index (χ2n) is 5.65. The molecule has 0 aliphatic heterocycles. The highest BCUT2D eigenvalue weighted by Gasteiger charge is 2.09. The topological polar surface area (TPSA) is 110 Å². The van der Waals surface area contributed by atoms with Gasteiger partial charge in [-0.15, -0.1) is 0 Å². The van der Waals surface area contributed by atoms with Crippen LogP contribution < -0.4 is 10.1 Å². The summed E-state index contributed by atoms with van der Waals surface area (Å²) in [6.45, 7) is 0.541. The first-order valence-corrected chi connectivity index (χ1v) is 8.08. The van der Waals surface area contributed by atoms with Crippen molar-refractivity contribution in [1.29, 1.82) is 0 Å². The highest BCUT2D eigenvalue weighted by atomic mass is 16.5. The Morgan fingerprint density at radius 1 is 1.15 bits per heavy atom. The van der Waals surface area contributed by atoms with E-state index in [0.717, 1.165) is 5.56 Å². The standard InChI is InChI=1S/C19H14N4O4/c24-18(25)16-8-14(5-7-21-16)26-13-3-4-15-17(9-13)27-19(23-15)22-11-12-2-1-6-20-10-12/h1-10H,11H2,(H,22,23)(H,24,25). The summed E-state index contributed by atoms with van der Waals surface area (Å²) in [4.78, 5) is 23.2. The van der Waals surface area contributed by atoms with E-state index in [-0.39, 0.29) is 5.69 Å². The molecule has 8 heteroatoms. The summed E-state index contributed by atoms with van der Waals surface area (Å²) in [5.74, 6) is -0.244. The molecule has 0 aliphatic rings. The minimum atomic E-state index is -1.12. The number of hydrogen-bond acceptors (Lipinski definition) is 7. The number of rotatable bonds is 6. The predicted molar refractivity (Wildman–Crippen MR) is 96.8 cm³/mol. The summed E-state index contributed by atoms with van der Waals surface area (Å²) in [5, 5.41) is 12.1. The van der Waals surface area contributed by atoms with Crippen LogP contribution in [0.3, 0.4) is 0 Å². The fourth-order valence-electron chi connectivity index (χ4n) is 2.45. The molecule has 134 valence electrons. The first-order chi connectivity index (χ1) is 13.2. The van der Waals surface area contributed by atoms with Gasteiger partial charge in [0.2, 0.25) is 0 Å². The van der Waals surface area contributed by atoms with Crippen molar-refractivity contribution < 1.29 is 19.1 Å². The number of pyridine rings is 2. The number of aromatic carboxylic acids is 1. The van der Waals surface area contributed by atoms with Gasteiger partial charge in [-0.2, -0.15) is 4.98 Å². The summed E-state index contributed by atoms with van der Waals surface area (Å²) in [6, 6.07) is 12.3. The van der Waals surface area contributed by atoms with Crippen LogP contribution in [-0.2, 0) is 6.54 Å². The Morgan fingerprint density at radius 2 is 2.04 bits per heavy atom. The third-order valence-electron chi connectivity index (χ3n) is 3.71. The van der Waals surface area contributed by atoms with E-state index in [1.807, 2.05) is 12.1 Å². The summed E-state index contributed by atoms with van der Waals surface area (Å²) in [6.07, 6.45) is 4.86. The summed E-state index contributed by atoms with van der Waals surface area (Å²) in [7, 11) is 0. The Balaban J connectivity index is 1.50. The maximum Gasteiger partial charge on any atom is 0.354 e. The number of anilines is 1. The maximum absolute atomic E-state index is 11.0. The second-order valence-corrected chi connectivity index (χ2v) is 5.65. The van der Waals surface area contributed by atoms with Crippen LogP contribution in [0.1, 0.15) is 16.1 Å². The molecule has 0 atom stereocenters. The largest absolute Gasteiger partial charge is 0.477 e. The van der Waals surface area contributed by atoms with Crippen LogP contribution in [0.5, 0.6) is 11.5 Å². The lowest BCUT2D eigenvalue weighted by Gasteiger charge is -2.05. The molecular weight excluding hydrogens is 348 g/mol. The van der Waals surface area contributed by atoms with Gasteiger partial charge in [-0.25, -0.2) is 9.78 Å². The Morgan fingerprint density at radius 3 is 2.85 bits per heavy atom. The molecule has 0 bridgehead atoms. The Hall–Kier alpha value is -3.94. The maximum atomic E-state index is 11.0. The molecule has 27 heavy (non-hydrogen) atoms. The first-order valence-electron chi connectivity index (χ1n) is 8.08. The molecule has 3 aromatic heterocycles. The van der Waals surface area contributed by atoms with Crippen molar-refractivity contribution in [2.75, 3.05) is 5.32 Å². The van der Waals surface area contributed by atoms with E-state index >= 15 is 0 Å². The minimum absolute atomic E-state index is 0.0878. The first kappa shape index (κ1) is 16.5. The third kappa shape index (κ3) is 3.84. The van der Waals surface area contributed by atoms with Gasteiger partial charge in [0.1, 0.15) is 17.0 Å². The number of aromatic nitrogens is 3. The van der Waals surface area contributed by atoms with Crippen LogP contribution in [0.15, 0.2) is 65.5 Å². The molecule has 3 heterocycles. The lowest BCUT2D eigenvalue weighted by atomic mass is 10.3. The molecule has 1 aromatic carbocycles. The van der Waals surface area contributed by atoms with Crippen LogP contribution in [-0.4, -0.2) is 26.0 Å². The number of carboxylic acid groups (broad SMARTS) is 1. The van der Waals surface area contributed by atoms with Crippen molar-refractivity contribution in [2.45, 2.75) is 6.54 Å². The molecule has 2 N–H and O–H groups in total. The number of ether oxygens (including phenoxy) is 1. The summed E-state index contributed by atoms with van der Waals surface area (Å²) >= 11 is 0. The van der Waals surface area contributed by atoms with E-state index in [1.165, 1.54) is 12.3 Å². The Bertz CT molecular complexity index is 1100. The Kier molecular flexibility index (Phi) is 4.36. The van der Waals surface area contributed by atoms with Gasteiger partial charge in [0.25, 0.3) is 6.01 Å². The van der Waals surface area contributed by atoms with Crippen molar-refractivity contribution in [2.24, 2.45) is 0 Å². The van der Waals surface area contributed by atoms with Gasteiger partial charge in [-0.05, 0) is 29.8 Å². The van der Waals surface area contributed by atoms with E-state index in [4.69, 9.17) is 14.3 Å². The number of nitrogens with one attached hydrogen (secondary N) is 1. The molecule has 0 radical (unpaired) electrons. The number of oxazole rings is 1. The van der Waals surface area contributed by atoms with E-state index in [0.29, 0.717) is 35.2 Å². The van der Waals surface area contributed by atoms with Crippen molar-refractivity contribution in [3.8, 4) is 11.5 Å². The van der Waals surface area contributed by atoms with Crippen LogP contribution in [0.2, 0.25) is 0 Å². The smallest absolute Gasteiger partial charge is 0.354 e. The molecular formula is C19H14N4O4. The average molecular weight is 362 g/mol. The van der Waals surface area contributed by atoms with E-state index in [1.54, 1.807) is 36.7 Å². The van der Waals surface area contributed by atoms with Gasteiger partial charge >= 0.3 is 5.97 Å². The SMILES string of the molecule is O=C(O)c1cc(Oc2ccc3nc(NCc4cccnc4)oc3c2)ccn1. The minimum Gasteiger partial charge on any atom is -0.477 e. The molecule has 0 spiro atoms. The lowest BCUT2D eigenvalue weighted by Crippen LogP contribution is -1.99. The van der Waals surface area contributed by atoms with Crippen LogP contribution >= 0.6 is 0 Å². The summed E-state index contributed by atoms with van der Waals surface area (Å²) < 4.78 is 11.4. The number of carboxylic acids is 1. The number of nitrogens with zero attached hydrogens (tertiary/aromatic N) is 3. The molecule has 4 aromatic rings. The molecule has 0 saturated carbocycles. The van der Waals surface area contributed by atoms with Gasteiger partial charge in [0.05, 0.1) is 0 Å². The zero-order valence-electron chi connectivity index (χ0n) is 14.0. The van der Waals surface area contributed by atoms with Gasteiger partial charge in [-0.3, -0.25) is 4.98 Å². The highest BCUT2D eigenvalue weighted by molar-refractivity contribution is 5.85. The fraction of sp³-hybridized carbons (Fsp3) is 0.0526. The molecule has 8 nitrogen and oxygen atoms in total. The fourth-order valence-corrected chi connectivity index (χ4v) is 2.45. The average Bonchev–Trinajstić information content (AvgIpc) is 3.09. The predicted octanol–water partition coefficient (Wildman–Crippen LogP) is 3.72. The monoisotopic (exact) mass is 362 g/mol. The zero-order valence-corrected chi connectivity index (χ0v) is 14.0. The number of hydrogen-bond donors (Lipinski definition) is 2. The lowest BCUT2D eigenvalue weighted by molar-refractivity contribution is 0.0690. The highest BCUT2D eigenvalue weighted by Crippen LogP contribution is 2.27. The van der Waals surface area contributed by atoms with Crippen molar-refractivity contribution in [1.82, 2.24) is 15.0 Å². The Labute approximate surface area is 153 Å². The molecule has 0 unspecified atom stereocenters. The van der Waals surface area contributed by atoms with E-state index in [2.05, 4.69) is 20.3 Å². The van der Waals surface area contributed by atoms with Gasteiger partial charge < -0.3 is 19.6 Å². The number of carbonyl (C=O) groups is 1. The van der Waals surface area contributed by atoms with Crippen LogP contribution in [0.4, 0.5) is 6.01 Å². The molecule has 0 aliphatic carbocycles. The zero-order chi connectivity index (χ0) is 18.6. The van der Waals surface area contributed by atoms with Gasteiger partial charge in [0.15, 0.2) is 11.3 Å². The number of fused-ring (bicyclic) bond motifs is 1. The molecule has 4 rings (SSSR count). The normalized spacial score (nSPS) is 10.7. The molecule has 0 amide bonds. The van der Waals surface area contributed by atoms with Gasteiger partial charge in [0, 0.05) is 37.3 Å². The van der Waals surface area contributed by atoms with Crippen LogP contribution in [0.25, 0.3) is 11.1 Å². The van der Waals surface area contributed by atoms with Crippen molar-refractivity contribution in [3.63, 3.8) is 0 Å². The quantitative estimate of drug-likeness (QED) is 0.534. The van der Waals surface area contributed by atoms with Crippen LogP contribution in [0, 0.1) is 0 Å². The van der Waals surface area contributed by atoms with Crippen molar-refractivity contribution in [3.05, 3.63) is 72.3 Å². The number of benzene rings is 1. The van der Waals surface area contributed by atoms with E-state index < -0.39 is 5.97 Å². The second kappa shape index (κ2) is 7.12. The molecule has 0 fully saturated rings. The third-order valence-corrected chi connectivity index (χ3v) is 3.71. The van der Waals surface area contributed by atoms with Gasteiger partial charge in [-0.1, -0.05) is 6.07 Å².